The zero-order valence-corrected chi connectivity index (χ0v) is 13.5. The zero-order valence-electron chi connectivity index (χ0n) is 12.5. The predicted molar refractivity (Wildman–Crippen MR) is 81.9 cm³/mol. The van der Waals surface area contributed by atoms with Crippen molar-refractivity contribution in [3.8, 4) is 5.75 Å². The molecule has 19 heavy (non-hydrogen) atoms. The van der Waals surface area contributed by atoms with E-state index in [1.54, 1.807) is 7.11 Å². The first-order valence-electron chi connectivity index (χ1n) is 7.33. The molecule has 0 fully saturated rings. The standard InChI is InChI=1S/C16H24O2Si/c1-5-19(6-2,7-3)16-11-15(17)13-9-8-12(18-4)10-14(13)16/h8-10,16H,5-7,11H2,1-4H3. The Bertz CT molecular complexity index is 469. The maximum absolute atomic E-state index is 12.3. The third-order valence-corrected chi connectivity index (χ3v) is 11.4. The molecule has 1 aliphatic rings. The van der Waals surface area contributed by atoms with Gasteiger partial charge < -0.3 is 4.74 Å². The van der Waals surface area contributed by atoms with Crippen molar-refractivity contribution in [2.45, 2.75) is 50.9 Å². The van der Waals surface area contributed by atoms with Crippen molar-refractivity contribution in [1.29, 1.82) is 0 Å². The molecule has 0 saturated heterocycles. The Kier molecular flexibility index (Phi) is 4.14. The molecule has 104 valence electrons. The first-order valence-corrected chi connectivity index (χ1v) is 10.0. The third kappa shape index (κ3) is 2.25. The van der Waals surface area contributed by atoms with Gasteiger partial charge in [0.1, 0.15) is 5.75 Å². The van der Waals surface area contributed by atoms with Crippen LogP contribution in [0.2, 0.25) is 18.1 Å². The molecule has 1 aliphatic carbocycles. The maximum atomic E-state index is 12.3. The zero-order chi connectivity index (χ0) is 14.0. The smallest absolute Gasteiger partial charge is 0.163 e. The molecule has 2 rings (SSSR count). The van der Waals surface area contributed by atoms with Crippen molar-refractivity contribution in [1.82, 2.24) is 0 Å². The van der Waals surface area contributed by atoms with Crippen LogP contribution in [0.3, 0.4) is 0 Å². The number of benzene rings is 1. The number of methoxy groups -OCH3 is 1. The lowest BCUT2D eigenvalue weighted by Crippen LogP contribution is -2.39. The highest BCUT2D eigenvalue weighted by atomic mass is 28.3. The van der Waals surface area contributed by atoms with Gasteiger partial charge in [-0.3, -0.25) is 4.79 Å². The van der Waals surface area contributed by atoms with Crippen LogP contribution in [0.4, 0.5) is 0 Å². The first-order chi connectivity index (χ1) is 9.11. The van der Waals surface area contributed by atoms with Gasteiger partial charge >= 0.3 is 0 Å². The van der Waals surface area contributed by atoms with Gasteiger partial charge in [0.15, 0.2) is 5.78 Å². The van der Waals surface area contributed by atoms with E-state index in [0.29, 0.717) is 11.3 Å². The van der Waals surface area contributed by atoms with Gasteiger partial charge in [0.05, 0.1) is 15.2 Å². The minimum atomic E-state index is -1.39. The monoisotopic (exact) mass is 276 g/mol. The van der Waals surface area contributed by atoms with Gasteiger partial charge in [0.2, 0.25) is 0 Å². The summed E-state index contributed by atoms with van der Waals surface area (Å²) in [5.74, 6) is 1.21. The van der Waals surface area contributed by atoms with E-state index < -0.39 is 8.07 Å². The molecule has 1 unspecified atom stereocenters. The quantitative estimate of drug-likeness (QED) is 0.744. The van der Waals surface area contributed by atoms with Gasteiger partial charge in [-0.15, -0.1) is 0 Å². The number of rotatable bonds is 5. The molecule has 3 heteroatoms. The van der Waals surface area contributed by atoms with Gasteiger partial charge in [-0.05, 0) is 29.3 Å². The fourth-order valence-corrected chi connectivity index (χ4v) is 8.15. The molecule has 0 amide bonds. The minimum Gasteiger partial charge on any atom is -0.497 e. The van der Waals surface area contributed by atoms with Crippen molar-refractivity contribution in [3.05, 3.63) is 29.3 Å². The van der Waals surface area contributed by atoms with Crippen molar-refractivity contribution in [2.24, 2.45) is 0 Å². The van der Waals surface area contributed by atoms with Gasteiger partial charge in [-0.2, -0.15) is 0 Å². The minimum absolute atomic E-state index is 0.329. The molecule has 1 aromatic rings. The molecule has 2 nitrogen and oxygen atoms in total. The van der Waals surface area contributed by atoms with Crippen molar-refractivity contribution in [3.63, 3.8) is 0 Å². The molecule has 1 atom stereocenters. The Balaban J connectivity index is 2.50. The highest BCUT2D eigenvalue weighted by Crippen LogP contribution is 2.45. The topological polar surface area (TPSA) is 26.3 Å². The lowest BCUT2D eigenvalue weighted by Gasteiger charge is -2.35. The van der Waals surface area contributed by atoms with Gasteiger partial charge in [-0.25, -0.2) is 0 Å². The fraction of sp³-hybridized carbons (Fsp3) is 0.562. The van der Waals surface area contributed by atoms with E-state index in [2.05, 4.69) is 26.8 Å². The van der Waals surface area contributed by atoms with Crippen LogP contribution in [-0.4, -0.2) is 21.0 Å². The molecular weight excluding hydrogens is 252 g/mol. The Hall–Kier alpha value is -1.09. The average molecular weight is 276 g/mol. The van der Waals surface area contributed by atoms with Crippen LogP contribution in [0.5, 0.6) is 5.75 Å². The lowest BCUT2D eigenvalue weighted by atomic mass is 10.1. The van der Waals surface area contributed by atoms with Crippen LogP contribution < -0.4 is 4.74 Å². The van der Waals surface area contributed by atoms with Crippen LogP contribution in [0.25, 0.3) is 0 Å². The number of ketones is 1. The summed E-state index contributed by atoms with van der Waals surface area (Å²) >= 11 is 0. The molecule has 0 aromatic heterocycles. The van der Waals surface area contributed by atoms with Crippen LogP contribution in [-0.2, 0) is 0 Å². The summed E-state index contributed by atoms with van der Waals surface area (Å²) in [4.78, 5) is 12.3. The number of hydrogen-bond acceptors (Lipinski definition) is 2. The van der Waals surface area contributed by atoms with Gasteiger partial charge in [-0.1, -0.05) is 38.9 Å². The summed E-state index contributed by atoms with van der Waals surface area (Å²) in [6, 6.07) is 9.74. The molecule has 0 radical (unpaired) electrons. The van der Waals surface area contributed by atoms with Crippen molar-refractivity contribution >= 4 is 13.9 Å². The summed E-state index contributed by atoms with van der Waals surface area (Å²) in [5.41, 5.74) is 2.70. The van der Waals surface area contributed by atoms with Crippen molar-refractivity contribution in [2.75, 3.05) is 7.11 Å². The van der Waals surface area contributed by atoms with Crippen LogP contribution in [0.15, 0.2) is 18.2 Å². The van der Waals surface area contributed by atoms with E-state index >= 15 is 0 Å². The van der Waals surface area contributed by atoms with E-state index in [4.69, 9.17) is 4.74 Å². The largest absolute Gasteiger partial charge is 0.497 e. The molecule has 0 saturated carbocycles. The second-order valence-electron chi connectivity index (χ2n) is 5.56. The average Bonchev–Trinajstić information content (AvgIpc) is 2.79. The highest BCUT2D eigenvalue weighted by molar-refractivity contribution is 6.81. The Morgan fingerprint density at radius 1 is 1.21 bits per heavy atom. The van der Waals surface area contributed by atoms with E-state index in [9.17, 15) is 4.79 Å². The SMILES string of the molecule is CC[Si](CC)(CC)C1CC(=O)c2ccc(OC)cc21. The lowest BCUT2D eigenvalue weighted by molar-refractivity contribution is 0.0993. The number of carbonyl (C=O) groups is 1. The molecule has 0 spiro atoms. The summed E-state index contributed by atoms with van der Waals surface area (Å²) in [6.45, 7) is 6.92. The molecule has 0 bridgehead atoms. The molecule has 0 aliphatic heterocycles. The normalized spacial score (nSPS) is 18.5. The number of ether oxygens (including phenoxy) is 1. The summed E-state index contributed by atoms with van der Waals surface area (Å²) in [6.07, 6.45) is 0.726. The molecule has 1 aromatic carbocycles. The summed E-state index contributed by atoms with van der Waals surface area (Å²) < 4.78 is 5.34. The summed E-state index contributed by atoms with van der Waals surface area (Å²) in [5, 5.41) is 0. The second-order valence-corrected chi connectivity index (χ2v) is 11.1. The molecular formula is C16H24O2Si. The number of carbonyl (C=O) groups excluding carboxylic acids is 1. The Labute approximate surface area is 117 Å². The Morgan fingerprint density at radius 2 is 1.84 bits per heavy atom. The third-order valence-electron chi connectivity index (χ3n) is 5.18. The van der Waals surface area contributed by atoms with E-state index in [-0.39, 0.29) is 0 Å². The van der Waals surface area contributed by atoms with Gasteiger partial charge in [0.25, 0.3) is 0 Å². The van der Waals surface area contributed by atoms with Crippen LogP contribution in [0.1, 0.15) is 48.7 Å². The Morgan fingerprint density at radius 3 is 2.37 bits per heavy atom. The van der Waals surface area contributed by atoms with Crippen LogP contribution >= 0.6 is 0 Å². The second kappa shape index (κ2) is 5.49. The number of hydrogen-bond donors (Lipinski definition) is 0. The van der Waals surface area contributed by atoms with E-state index in [1.807, 2.05) is 12.1 Å². The first kappa shape index (κ1) is 14.3. The predicted octanol–water partition coefficient (Wildman–Crippen LogP) is 4.41. The van der Waals surface area contributed by atoms with E-state index in [1.165, 1.54) is 23.7 Å². The molecule has 0 heterocycles. The van der Waals surface area contributed by atoms with Gasteiger partial charge in [0, 0.05) is 12.0 Å². The number of Topliss-reactive ketones (excluding diaryl/α,β-unsaturated/α-hetero) is 1. The van der Waals surface area contributed by atoms with Crippen LogP contribution in [0, 0.1) is 0 Å². The number of fused-ring (bicyclic) bond motifs is 1. The van der Waals surface area contributed by atoms with E-state index in [0.717, 1.165) is 17.7 Å². The molecule has 0 N–H and O–H groups in total. The van der Waals surface area contributed by atoms with Crippen molar-refractivity contribution < 1.29 is 9.53 Å². The highest BCUT2D eigenvalue weighted by Gasteiger charge is 2.43. The summed E-state index contributed by atoms with van der Waals surface area (Å²) in [7, 11) is 0.303. The maximum Gasteiger partial charge on any atom is 0.163 e. The fourth-order valence-electron chi connectivity index (χ4n) is 3.65.